The molecule has 1 atom stereocenters. The molecule has 174 valence electrons. The highest BCUT2D eigenvalue weighted by Crippen LogP contribution is 2.32. The molecule has 3 rings (SSSR count). The van der Waals surface area contributed by atoms with Gasteiger partial charge in [-0.15, -0.1) is 0 Å². The van der Waals surface area contributed by atoms with Gasteiger partial charge in [0.1, 0.15) is 11.8 Å². The van der Waals surface area contributed by atoms with E-state index in [9.17, 15) is 14.4 Å². The average molecular weight is 475 g/mol. The molecule has 0 saturated heterocycles. The number of fused-ring (bicyclic) bond motifs is 1. The Morgan fingerprint density at radius 2 is 1.94 bits per heavy atom. The molecule has 10 nitrogen and oxygen atoms in total. The van der Waals surface area contributed by atoms with E-state index in [1.165, 1.54) is 6.21 Å². The fraction of sp³-hybridized carbons (Fsp3) is 0.273. The number of hydrogen-bond donors (Lipinski definition) is 3. The molecule has 0 radical (unpaired) electrons. The van der Waals surface area contributed by atoms with Crippen molar-refractivity contribution in [2.75, 3.05) is 13.4 Å². The Kier molecular flexibility index (Phi) is 7.73. The number of nitrogens with one attached hydrogen (secondary N) is 2. The van der Waals surface area contributed by atoms with E-state index in [1.54, 1.807) is 50.2 Å². The van der Waals surface area contributed by atoms with Crippen LogP contribution in [0.4, 0.5) is 0 Å². The zero-order valence-corrected chi connectivity index (χ0v) is 18.7. The number of primary amides is 1. The number of carbonyl (C=O) groups excluding carboxylic acids is 3. The van der Waals surface area contributed by atoms with Gasteiger partial charge < -0.3 is 25.3 Å². The summed E-state index contributed by atoms with van der Waals surface area (Å²) < 4.78 is 15.8. The van der Waals surface area contributed by atoms with Crippen LogP contribution in [0, 0.1) is 5.92 Å². The summed E-state index contributed by atoms with van der Waals surface area (Å²) in [6.07, 6.45) is 1.32. The Labute approximate surface area is 195 Å². The normalized spacial score (nSPS) is 13.1. The van der Waals surface area contributed by atoms with Crippen molar-refractivity contribution >= 4 is 35.5 Å². The second-order valence-corrected chi connectivity index (χ2v) is 7.87. The van der Waals surface area contributed by atoms with Gasteiger partial charge in [-0.25, -0.2) is 5.43 Å². The molecule has 1 aliphatic heterocycles. The maximum Gasteiger partial charge on any atom is 0.262 e. The van der Waals surface area contributed by atoms with E-state index in [0.717, 1.165) is 0 Å². The van der Waals surface area contributed by atoms with Crippen molar-refractivity contribution in [2.45, 2.75) is 19.9 Å². The Morgan fingerprint density at radius 1 is 1.18 bits per heavy atom. The first kappa shape index (κ1) is 23.9. The van der Waals surface area contributed by atoms with Crippen LogP contribution in [0.1, 0.15) is 29.8 Å². The van der Waals surface area contributed by atoms with E-state index in [-0.39, 0.29) is 19.3 Å². The van der Waals surface area contributed by atoms with Gasteiger partial charge in [-0.05, 0) is 42.3 Å². The summed E-state index contributed by atoms with van der Waals surface area (Å²) in [4.78, 5) is 36.3. The van der Waals surface area contributed by atoms with E-state index in [4.69, 9.17) is 31.5 Å². The molecule has 4 N–H and O–H groups in total. The lowest BCUT2D eigenvalue weighted by atomic mass is 10.0. The van der Waals surface area contributed by atoms with Crippen LogP contribution in [0.3, 0.4) is 0 Å². The number of benzene rings is 2. The molecule has 11 heteroatoms. The molecule has 0 saturated carbocycles. The summed E-state index contributed by atoms with van der Waals surface area (Å²) in [7, 11) is 0. The van der Waals surface area contributed by atoms with Crippen molar-refractivity contribution in [1.82, 2.24) is 10.7 Å². The Balaban J connectivity index is 1.66. The lowest BCUT2D eigenvalue weighted by molar-refractivity contribution is -0.124. The summed E-state index contributed by atoms with van der Waals surface area (Å²) in [5.74, 6) is -0.487. The predicted octanol–water partition coefficient (Wildman–Crippen LogP) is 1.84. The smallest absolute Gasteiger partial charge is 0.262 e. The number of ether oxygens (including phenoxy) is 3. The highest BCUT2D eigenvalue weighted by Gasteiger charge is 2.25. The number of amides is 3. The molecule has 0 aromatic heterocycles. The first-order valence-corrected chi connectivity index (χ1v) is 10.4. The number of hydrogen-bond acceptors (Lipinski definition) is 7. The van der Waals surface area contributed by atoms with Gasteiger partial charge in [0.05, 0.1) is 6.21 Å². The summed E-state index contributed by atoms with van der Waals surface area (Å²) >= 11 is 6.00. The molecule has 2 aromatic rings. The molecule has 0 spiro atoms. The third-order valence-electron chi connectivity index (χ3n) is 4.59. The van der Waals surface area contributed by atoms with Gasteiger partial charge in [-0.2, -0.15) is 5.10 Å². The predicted molar refractivity (Wildman–Crippen MR) is 121 cm³/mol. The Bertz CT molecular complexity index is 1090. The third-order valence-corrected chi connectivity index (χ3v) is 4.83. The molecule has 3 amide bonds. The van der Waals surface area contributed by atoms with Crippen molar-refractivity contribution < 1.29 is 28.6 Å². The number of nitrogens with zero attached hydrogens (tertiary/aromatic N) is 1. The van der Waals surface area contributed by atoms with Crippen molar-refractivity contribution in [1.29, 1.82) is 0 Å². The number of hydrazone groups is 1. The largest absolute Gasteiger partial charge is 0.483 e. The van der Waals surface area contributed by atoms with Crippen LogP contribution in [-0.4, -0.2) is 43.4 Å². The van der Waals surface area contributed by atoms with Gasteiger partial charge in [-0.3, -0.25) is 14.4 Å². The monoisotopic (exact) mass is 474 g/mol. The fourth-order valence-electron chi connectivity index (χ4n) is 2.93. The highest BCUT2D eigenvalue weighted by atomic mass is 35.5. The summed E-state index contributed by atoms with van der Waals surface area (Å²) in [6, 6.07) is 8.60. The first-order chi connectivity index (χ1) is 15.7. The Hall–Kier alpha value is -3.79. The summed E-state index contributed by atoms with van der Waals surface area (Å²) in [5.41, 5.74) is 8.26. The second-order valence-electron chi connectivity index (χ2n) is 7.43. The van der Waals surface area contributed by atoms with Gasteiger partial charge >= 0.3 is 0 Å². The van der Waals surface area contributed by atoms with E-state index in [0.29, 0.717) is 33.4 Å². The minimum atomic E-state index is -0.856. The maximum atomic E-state index is 12.7. The van der Waals surface area contributed by atoms with Crippen LogP contribution in [0.15, 0.2) is 41.5 Å². The topological polar surface area (TPSA) is 141 Å². The zero-order valence-electron chi connectivity index (χ0n) is 18.0. The minimum absolute atomic E-state index is 0.0946. The van der Waals surface area contributed by atoms with Gasteiger partial charge in [0.15, 0.2) is 18.1 Å². The van der Waals surface area contributed by atoms with Crippen molar-refractivity contribution in [3.8, 4) is 17.2 Å². The maximum absolute atomic E-state index is 12.7. The molecular weight excluding hydrogens is 452 g/mol. The van der Waals surface area contributed by atoms with Crippen LogP contribution in [0.25, 0.3) is 0 Å². The molecule has 1 aliphatic rings. The standard InChI is InChI=1S/C22H23ClN4O6/c1-12(2)20(26-21(29)13-3-5-17-18(8-13)33-11-32-17)22(30)27-25-9-14-7-15(23)4-6-16(14)31-10-19(24)28/h3-9,12,20H,10-11H2,1-2H3,(H2,24,28)(H,26,29)(H,27,30)/b25-9+/t20-/m1/s1. The SMILES string of the molecule is CC(C)[C@@H](NC(=O)c1ccc2c(c1)OCO2)C(=O)N/N=C/c1cc(Cl)ccc1OCC(N)=O. The van der Waals surface area contributed by atoms with Crippen LogP contribution in [-0.2, 0) is 9.59 Å². The third kappa shape index (κ3) is 6.36. The molecule has 0 bridgehead atoms. The molecule has 0 unspecified atom stereocenters. The van der Waals surface area contributed by atoms with Crippen LogP contribution in [0.5, 0.6) is 17.2 Å². The number of rotatable bonds is 9. The van der Waals surface area contributed by atoms with E-state index in [2.05, 4.69) is 15.8 Å². The number of carbonyl (C=O) groups is 3. The van der Waals surface area contributed by atoms with E-state index < -0.39 is 23.8 Å². The molecule has 1 heterocycles. The van der Waals surface area contributed by atoms with Gasteiger partial charge in [0.25, 0.3) is 17.7 Å². The molecule has 0 fully saturated rings. The van der Waals surface area contributed by atoms with Crippen LogP contribution < -0.4 is 30.7 Å². The minimum Gasteiger partial charge on any atom is -0.483 e. The van der Waals surface area contributed by atoms with Crippen molar-refractivity contribution in [3.63, 3.8) is 0 Å². The fourth-order valence-corrected chi connectivity index (χ4v) is 3.11. The average Bonchev–Trinajstić information content (AvgIpc) is 3.24. The van der Waals surface area contributed by atoms with Crippen molar-refractivity contribution in [2.24, 2.45) is 16.8 Å². The number of nitrogens with two attached hydrogens (primary N) is 1. The van der Waals surface area contributed by atoms with Gasteiger partial charge in [-0.1, -0.05) is 25.4 Å². The summed E-state index contributed by atoms with van der Waals surface area (Å²) in [6.45, 7) is 3.36. The molecule has 33 heavy (non-hydrogen) atoms. The molecule has 0 aliphatic carbocycles. The molecule has 2 aromatic carbocycles. The first-order valence-electron chi connectivity index (χ1n) is 9.98. The summed E-state index contributed by atoms with van der Waals surface area (Å²) in [5, 5.41) is 7.05. The second kappa shape index (κ2) is 10.7. The van der Waals surface area contributed by atoms with Gasteiger partial charge in [0.2, 0.25) is 6.79 Å². The quantitative estimate of drug-likeness (QED) is 0.374. The van der Waals surface area contributed by atoms with Crippen molar-refractivity contribution in [3.05, 3.63) is 52.5 Å². The lowest BCUT2D eigenvalue weighted by Crippen LogP contribution is -2.48. The van der Waals surface area contributed by atoms with Gasteiger partial charge in [0, 0.05) is 16.1 Å². The van der Waals surface area contributed by atoms with Crippen LogP contribution in [0.2, 0.25) is 5.02 Å². The Morgan fingerprint density at radius 3 is 2.67 bits per heavy atom. The lowest BCUT2D eigenvalue weighted by Gasteiger charge is -2.20. The molecular formula is C22H23ClN4O6. The van der Waals surface area contributed by atoms with E-state index >= 15 is 0 Å². The zero-order chi connectivity index (χ0) is 24.0. The highest BCUT2D eigenvalue weighted by molar-refractivity contribution is 6.30. The number of halogens is 1. The van der Waals surface area contributed by atoms with Crippen LogP contribution >= 0.6 is 11.6 Å². The van der Waals surface area contributed by atoms with E-state index in [1.807, 2.05) is 0 Å².